The normalized spacial score (nSPS) is 40.6. The van der Waals surface area contributed by atoms with E-state index >= 15 is 0 Å². The summed E-state index contributed by atoms with van der Waals surface area (Å²) < 4.78 is 5.34. The molecular formula is C14H24N2O2. The lowest BCUT2D eigenvalue weighted by Gasteiger charge is -2.46. The first-order chi connectivity index (χ1) is 8.71. The topological polar surface area (TPSA) is 55.6 Å². The number of carbonyl (C=O) groups excluding carboxylic acids is 1. The van der Waals surface area contributed by atoms with Crippen LogP contribution in [0.25, 0.3) is 0 Å². The van der Waals surface area contributed by atoms with Crippen LogP contribution < -0.4 is 5.73 Å². The highest BCUT2D eigenvalue weighted by Gasteiger charge is 2.45. The fourth-order valence-corrected chi connectivity index (χ4v) is 3.91. The minimum Gasteiger partial charge on any atom is -0.379 e. The summed E-state index contributed by atoms with van der Waals surface area (Å²) in [5.74, 6) is 0.874. The highest BCUT2D eigenvalue weighted by molar-refractivity contribution is 5.87. The van der Waals surface area contributed by atoms with E-state index in [9.17, 15) is 4.79 Å². The number of amides is 1. The molecule has 4 nitrogen and oxygen atoms in total. The lowest BCUT2D eigenvalue weighted by Crippen LogP contribution is -2.61. The lowest BCUT2D eigenvalue weighted by atomic mass is 9.77. The molecule has 0 aromatic heterocycles. The predicted molar refractivity (Wildman–Crippen MR) is 69.0 cm³/mol. The van der Waals surface area contributed by atoms with Crippen molar-refractivity contribution >= 4 is 5.91 Å². The van der Waals surface area contributed by atoms with E-state index in [2.05, 4.69) is 4.90 Å². The predicted octanol–water partition coefficient (Wildman–Crippen LogP) is 1.29. The molecule has 0 aromatic rings. The van der Waals surface area contributed by atoms with Gasteiger partial charge in [0, 0.05) is 19.2 Å². The number of likely N-dealkylation sites (tertiary alicyclic amines) is 1. The number of rotatable bonds is 1. The van der Waals surface area contributed by atoms with E-state index in [4.69, 9.17) is 10.5 Å². The maximum absolute atomic E-state index is 12.7. The van der Waals surface area contributed by atoms with E-state index in [-0.39, 0.29) is 5.91 Å². The molecule has 3 rings (SSSR count). The van der Waals surface area contributed by atoms with Gasteiger partial charge in [-0.25, -0.2) is 0 Å². The van der Waals surface area contributed by atoms with Gasteiger partial charge in [-0.3, -0.25) is 4.79 Å². The van der Waals surface area contributed by atoms with Crippen molar-refractivity contribution in [1.82, 2.24) is 4.90 Å². The zero-order valence-corrected chi connectivity index (χ0v) is 11.1. The molecule has 3 aliphatic rings. The monoisotopic (exact) mass is 252 g/mol. The number of hydrogen-bond donors (Lipinski definition) is 1. The third kappa shape index (κ3) is 2.05. The Morgan fingerprint density at radius 1 is 1.22 bits per heavy atom. The summed E-state index contributed by atoms with van der Waals surface area (Å²) in [7, 11) is 0. The highest BCUT2D eigenvalue weighted by Crippen LogP contribution is 2.36. The first-order valence-electron chi connectivity index (χ1n) is 7.38. The van der Waals surface area contributed by atoms with Crippen molar-refractivity contribution in [1.29, 1.82) is 0 Å². The Morgan fingerprint density at radius 2 is 2.00 bits per heavy atom. The standard InChI is InChI=1S/C14H24N2O2/c15-14(7-9-18-10-14)13(17)16-8-3-5-11-4-1-2-6-12(11)16/h11-12H,1-10,15H2. The van der Waals surface area contributed by atoms with Gasteiger partial charge in [-0.1, -0.05) is 12.8 Å². The molecule has 1 saturated carbocycles. The fraction of sp³-hybridized carbons (Fsp3) is 0.929. The zero-order chi connectivity index (χ0) is 12.6. The average Bonchev–Trinajstić information content (AvgIpc) is 2.85. The smallest absolute Gasteiger partial charge is 0.245 e. The molecule has 2 saturated heterocycles. The third-order valence-electron chi connectivity index (χ3n) is 4.98. The Morgan fingerprint density at radius 3 is 2.78 bits per heavy atom. The molecule has 1 amide bonds. The first kappa shape index (κ1) is 12.4. The first-order valence-corrected chi connectivity index (χ1v) is 7.38. The van der Waals surface area contributed by atoms with Gasteiger partial charge in [0.1, 0.15) is 5.54 Å². The summed E-state index contributed by atoms with van der Waals surface area (Å²) in [5.41, 5.74) is 5.50. The number of ether oxygens (including phenoxy) is 1. The van der Waals surface area contributed by atoms with Gasteiger partial charge in [0.25, 0.3) is 0 Å². The summed E-state index contributed by atoms with van der Waals surface area (Å²) in [6.07, 6.45) is 8.18. The summed E-state index contributed by atoms with van der Waals surface area (Å²) in [5, 5.41) is 0. The van der Waals surface area contributed by atoms with Crippen molar-refractivity contribution in [2.45, 2.75) is 56.5 Å². The molecule has 0 aromatic carbocycles. The van der Waals surface area contributed by atoms with Crippen LogP contribution in [-0.4, -0.2) is 42.1 Å². The Labute approximate surface area is 109 Å². The quantitative estimate of drug-likeness (QED) is 0.765. The number of carbonyl (C=O) groups is 1. The molecule has 3 atom stereocenters. The second-order valence-corrected chi connectivity index (χ2v) is 6.21. The van der Waals surface area contributed by atoms with Crippen molar-refractivity contribution in [3.8, 4) is 0 Å². The third-order valence-corrected chi connectivity index (χ3v) is 4.98. The molecule has 0 radical (unpaired) electrons. The van der Waals surface area contributed by atoms with Crippen LogP contribution in [0.3, 0.4) is 0 Å². The minimum absolute atomic E-state index is 0.150. The molecule has 102 valence electrons. The van der Waals surface area contributed by atoms with E-state index in [1.807, 2.05) is 0 Å². The van der Waals surface area contributed by atoms with Gasteiger partial charge >= 0.3 is 0 Å². The van der Waals surface area contributed by atoms with Crippen LogP contribution in [0, 0.1) is 5.92 Å². The van der Waals surface area contributed by atoms with Crippen molar-refractivity contribution in [3.63, 3.8) is 0 Å². The van der Waals surface area contributed by atoms with Crippen molar-refractivity contribution < 1.29 is 9.53 Å². The van der Waals surface area contributed by atoms with Crippen molar-refractivity contribution in [3.05, 3.63) is 0 Å². The van der Waals surface area contributed by atoms with Gasteiger partial charge in [0.15, 0.2) is 0 Å². The van der Waals surface area contributed by atoms with Crippen LogP contribution >= 0.6 is 0 Å². The zero-order valence-electron chi connectivity index (χ0n) is 11.1. The molecular weight excluding hydrogens is 228 g/mol. The molecule has 2 N–H and O–H groups in total. The van der Waals surface area contributed by atoms with Gasteiger partial charge < -0.3 is 15.4 Å². The Hall–Kier alpha value is -0.610. The van der Waals surface area contributed by atoms with E-state index in [0.717, 1.165) is 18.9 Å². The molecule has 3 fully saturated rings. The van der Waals surface area contributed by atoms with Crippen molar-refractivity contribution in [2.24, 2.45) is 11.7 Å². The second-order valence-electron chi connectivity index (χ2n) is 6.21. The summed E-state index contributed by atoms with van der Waals surface area (Å²) in [6.45, 7) is 1.93. The minimum atomic E-state index is -0.737. The Balaban J connectivity index is 1.75. The largest absolute Gasteiger partial charge is 0.379 e. The lowest BCUT2D eigenvalue weighted by molar-refractivity contribution is -0.143. The van der Waals surface area contributed by atoms with Crippen LogP contribution in [-0.2, 0) is 9.53 Å². The molecule has 2 heterocycles. The van der Waals surface area contributed by atoms with Gasteiger partial charge in [-0.15, -0.1) is 0 Å². The molecule has 18 heavy (non-hydrogen) atoms. The SMILES string of the molecule is NC1(C(=O)N2CCCC3CCCCC32)CCOC1. The summed E-state index contributed by atoms with van der Waals surface area (Å²) >= 11 is 0. The molecule has 1 aliphatic carbocycles. The van der Waals surface area contributed by atoms with Crippen LogP contribution in [0.1, 0.15) is 44.9 Å². The highest BCUT2D eigenvalue weighted by atomic mass is 16.5. The number of fused-ring (bicyclic) bond motifs is 1. The Bertz CT molecular complexity index is 324. The molecule has 4 heteroatoms. The van der Waals surface area contributed by atoms with Crippen LogP contribution in [0.15, 0.2) is 0 Å². The number of nitrogens with zero attached hydrogens (tertiary/aromatic N) is 1. The van der Waals surface area contributed by atoms with Gasteiger partial charge in [0.05, 0.1) is 6.61 Å². The van der Waals surface area contributed by atoms with Crippen LogP contribution in [0.2, 0.25) is 0 Å². The van der Waals surface area contributed by atoms with Gasteiger partial charge in [0.2, 0.25) is 5.91 Å². The number of piperidine rings is 1. The number of nitrogens with two attached hydrogens (primary N) is 1. The van der Waals surface area contributed by atoms with E-state index in [0.29, 0.717) is 25.7 Å². The second kappa shape index (κ2) is 4.82. The average molecular weight is 252 g/mol. The van der Waals surface area contributed by atoms with E-state index in [1.54, 1.807) is 0 Å². The molecule has 2 aliphatic heterocycles. The summed E-state index contributed by atoms with van der Waals surface area (Å²) in [4.78, 5) is 14.8. The fourth-order valence-electron chi connectivity index (χ4n) is 3.91. The number of hydrogen-bond acceptors (Lipinski definition) is 3. The summed E-state index contributed by atoms with van der Waals surface area (Å²) in [6, 6.07) is 0.459. The van der Waals surface area contributed by atoms with Crippen LogP contribution in [0.4, 0.5) is 0 Å². The molecule has 0 spiro atoms. The van der Waals surface area contributed by atoms with Crippen molar-refractivity contribution in [2.75, 3.05) is 19.8 Å². The van der Waals surface area contributed by atoms with E-state index < -0.39 is 5.54 Å². The molecule has 3 unspecified atom stereocenters. The van der Waals surface area contributed by atoms with Gasteiger partial charge in [-0.2, -0.15) is 0 Å². The van der Waals surface area contributed by atoms with Gasteiger partial charge in [-0.05, 0) is 38.0 Å². The Kier molecular flexibility index (Phi) is 3.32. The maximum atomic E-state index is 12.7. The maximum Gasteiger partial charge on any atom is 0.245 e. The molecule has 0 bridgehead atoms. The van der Waals surface area contributed by atoms with E-state index in [1.165, 1.54) is 32.1 Å². The van der Waals surface area contributed by atoms with Crippen LogP contribution in [0.5, 0.6) is 0 Å².